The summed E-state index contributed by atoms with van der Waals surface area (Å²) in [4.78, 5) is 0. The van der Waals surface area contributed by atoms with E-state index in [1.165, 1.54) is 12.0 Å². The highest BCUT2D eigenvalue weighted by molar-refractivity contribution is 7.99. The van der Waals surface area contributed by atoms with Gasteiger partial charge in [-0.2, -0.15) is 11.8 Å². The molecule has 1 aromatic rings. The van der Waals surface area contributed by atoms with E-state index in [4.69, 9.17) is 16.3 Å². The van der Waals surface area contributed by atoms with Crippen LogP contribution in [0.4, 0.5) is 0 Å². The maximum absolute atomic E-state index is 5.98. The fourth-order valence-electron chi connectivity index (χ4n) is 2.09. The molecule has 2 atom stereocenters. The molecular formula is C14H20ClNOS. The summed E-state index contributed by atoms with van der Waals surface area (Å²) in [7, 11) is 0. The van der Waals surface area contributed by atoms with Crippen LogP contribution in [-0.2, 0) is 6.42 Å². The standard InChI is InChI=1S/C14H20ClNOS/c1-10(18-2)5-6-16-9-13-8-11-7-12(15)3-4-14(11)17-13/h3-4,7,10,13,16H,5-6,8-9H2,1-2H3. The molecule has 0 amide bonds. The molecule has 0 aliphatic carbocycles. The molecule has 1 aliphatic rings. The fraction of sp³-hybridized carbons (Fsp3) is 0.571. The summed E-state index contributed by atoms with van der Waals surface area (Å²) in [5.74, 6) is 0.990. The minimum atomic E-state index is 0.253. The number of halogens is 1. The summed E-state index contributed by atoms with van der Waals surface area (Å²) in [5.41, 5.74) is 1.23. The van der Waals surface area contributed by atoms with E-state index in [1.54, 1.807) is 0 Å². The first kappa shape index (κ1) is 14.0. The third-order valence-corrected chi connectivity index (χ3v) is 4.54. The average Bonchev–Trinajstić information content (AvgIpc) is 2.76. The van der Waals surface area contributed by atoms with E-state index in [2.05, 4.69) is 18.5 Å². The number of benzene rings is 1. The summed E-state index contributed by atoms with van der Waals surface area (Å²) < 4.78 is 5.87. The van der Waals surface area contributed by atoms with Crippen LogP contribution in [0.5, 0.6) is 5.75 Å². The maximum atomic E-state index is 5.98. The Hall–Kier alpha value is -0.380. The summed E-state index contributed by atoms with van der Waals surface area (Å²) >= 11 is 7.89. The van der Waals surface area contributed by atoms with Gasteiger partial charge in [0, 0.05) is 23.2 Å². The quantitative estimate of drug-likeness (QED) is 0.810. The fourth-order valence-corrected chi connectivity index (χ4v) is 2.64. The first-order valence-electron chi connectivity index (χ1n) is 6.37. The molecule has 1 aliphatic heterocycles. The predicted molar refractivity (Wildman–Crippen MR) is 80.0 cm³/mol. The van der Waals surface area contributed by atoms with E-state index >= 15 is 0 Å². The molecule has 2 rings (SSSR count). The molecule has 18 heavy (non-hydrogen) atoms. The SMILES string of the molecule is CSC(C)CCNCC1Cc2cc(Cl)ccc2O1. The van der Waals surface area contributed by atoms with Gasteiger partial charge in [0.25, 0.3) is 0 Å². The monoisotopic (exact) mass is 285 g/mol. The number of rotatable bonds is 6. The number of hydrogen-bond donors (Lipinski definition) is 1. The van der Waals surface area contributed by atoms with Crippen LogP contribution in [0.2, 0.25) is 5.02 Å². The molecule has 1 aromatic carbocycles. The number of fused-ring (bicyclic) bond motifs is 1. The summed E-state index contributed by atoms with van der Waals surface area (Å²) in [6.07, 6.45) is 4.57. The van der Waals surface area contributed by atoms with Crippen molar-refractivity contribution in [2.24, 2.45) is 0 Å². The molecule has 0 saturated heterocycles. The van der Waals surface area contributed by atoms with Crippen LogP contribution >= 0.6 is 23.4 Å². The Balaban J connectivity index is 1.71. The highest BCUT2D eigenvalue weighted by Crippen LogP contribution is 2.30. The number of nitrogens with one attached hydrogen (secondary N) is 1. The highest BCUT2D eigenvalue weighted by atomic mass is 35.5. The molecule has 0 spiro atoms. The molecule has 0 radical (unpaired) electrons. The Morgan fingerprint density at radius 1 is 1.56 bits per heavy atom. The first-order valence-corrected chi connectivity index (χ1v) is 8.04. The zero-order chi connectivity index (χ0) is 13.0. The Kier molecular flexibility index (Phi) is 5.22. The second kappa shape index (κ2) is 6.69. The van der Waals surface area contributed by atoms with Crippen molar-refractivity contribution < 1.29 is 4.74 Å². The van der Waals surface area contributed by atoms with Gasteiger partial charge in [0.1, 0.15) is 11.9 Å². The normalized spacial score (nSPS) is 19.4. The third kappa shape index (κ3) is 3.81. The Bertz CT molecular complexity index is 399. The Morgan fingerprint density at radius 3 is 3.17 bits per heavy atom. The van der Waals surface area contributed by atoms with E-state index in [9.17, 15) is 0 Å². The van der Waals surface area contributed by atoms with Crippen LogP contribution in [0.15, 0.2) is 18.2 Å². The molecule has 4 heteroatoms. The zero-order valence-corrected chi connectivity index (χ0v) is 12.5. The molecule has 1 N–H and O–H groups in total. The molecule has 100 valence electrons. The minimum absolute atomic E-state index is 0.253. The summed E-state index contributed by atoms with van der Waals surface area (Å²) in [6, 6.07) is 5.86. The van der Waals surface area contributed by atoms with Crippen molar-refractivity contribution in [2.45, 2.75) is 31.1 Å². The van der Waals surface area contributed by atoms with Crippen molar-refractivity contribution in [3.63, 3.8) is 0 Å². The van der Waals surface area contributed by atoms with Crippen LogP contribution in [0.3, 0.4) is 0 Å². The van der Waals surface area contributed by atoms with E-state index in [0.717, 1.165) is 35.5 Å². The topological polar surface area (TPSA) is 21.3 Å². The van der Waals surface area contributed by atoms with Crippen LogP contribution in [0, 0.1) is 0 Å². The molecule has 1 heterocycles. The average molecular weight is 286 g/mol. The maximum Gasteiger partial charge on any atom is 0.123 e. The van der Waals surface area contributed by atoms with Gasteiger partial charge in [-0.25, -0.2) is 0 Å². The molecule has 0 bridgehead atoms. The van der Waals surface area contributed by atoms with Crippen molar-refractivity contribution in [3.8, 4) is 5.75 Å². The van der Waals surface area contributed by atoms with Crippen molar-refractivity contribution in [2.75, 3.05) is 19.3 Å². The van der Waals surface area contributed by atoms with E-state index in [-0.39, 0.29) is 6.10 Å². The molecule has 0 saturated carbocycles. The lowest BCUT2D eigenvalue weighted by molar-refractivity contribution is 0.228. The minimum Gasteiger partial charge on any atom is -0.488 e. The lowest BCUT2D eigenvalue weighted by Crippen LogP contribution is -2.31. The van der Waals surface area contributed by atoms with Crippen molar-refractivity contribution >= 4 is 23.4 Å². The highest BCUT2D eigenvalue weighted by Gasteiger charge is 2.22. The van der Waals surface area contributed by atoms with Crippen LogP contribution in [0.1, 0.15) is 18.9 Å². The number of hydrogen-bond acceptors (Lipinski definition) is 3. The van der Waals surface area contributed by atoms with Gasteiger partial charge in [0.15, 0.2) is 0 Å². The predicted octanol–water partition coefficient (Wildman–Crippen LogP) is 3.37. The molecule has 0 aromatic heterocycles. The molecule has 2 unspecified atom stereocenters. The van der Waals surface area contributed by atoms with Crippen molar-refractivity contribution in [1.29, 1.82) is 0 Å². The van der Waals surface area contributed by atoms with Gasteiger partial charge in [-0.05, 0) is 43.0 Å². The molecule has 2 nitrogen and oxygen atoms in total. The van der Waals surface area contributed by atoms with Gasteiger partial charge in [0.05, 0.1) is 0 Å². The largest absolute Gasteiger partial charge is 0.488 e. The second-order valence-corrected chi connectivity index (χ2v) is 6.45. The number of ether oxygens (including phenoxy) is 1. The Morgan fingerprint density at radius 2 is 2.39 bits per heavy atom. The molecule has 0 fully saturated rings. The van der Waals surface area contributed by atoms with E-state index in [0.29, 0.717) is 0 Å². The second-order valence-electron chi connectivity index (χ2n) is 4.74. The van der Waals surface area contributed by atoms with Gasteiger partial charge in [-0.3, -0.25) is 0 Å². The van der Waals surface area contributed by atoms with Gasteiger partial charge >= 0.3 is 0 Å². The zero-order valence-electron chi connectivity index (χ0n) is 10.9. The van der Waals surface area contributed by atoms with Crippen LogP contribution in [0.25, 0.3) is 0 Å². The van der Waals surface area contributed by atoms with Gasteiger partial charge < -0.3 is 10.1 Å². The lowest BCUT2D eigenvalue weighted by atomic mass is 10.1. The van der Waals surface area contributed by atoms with E-state index in [1.807, 2.05) is 30.0 Å². The van der Waals surface area contributed by atoms with Gasteiger partial charge in [-0.15, -0.1) is 0 Å². The first-order chi connectivity index (χ1) is 8.69. The lowest BCUT2D eigenvalue weighted by Gasteiger charge is -2.13. The van der Waals surface area contributed by atoms with Crippen molar-refractivity contribution in [1.82, 2.24) is 5.32 Å². The van der Waals surface area contributed by atoms with Gasteiger partial charge in [-0.1, -0.05) is 18.5 Å². The Labute approximate surface area is 118 Å². The third-order valence-electron chi connectivity index (χ3n) is 3.27. The van der Waals surface area contributed by atoms with Crippen LogP contribution < -0.4 is 10.1 Å². The van der Waals surface area contributed by atoms with E-state index < -0.39 is 0 Å². The summed E-state index contributed by atoms with van der Waals surface area (Å²) in [6.45, 7) is 4.22. The molecular weight excluding hydrogens is 266 g/mol. The van der Waals surface area contributed by atoms with Gasteiger partial charge in [0.2, 0.25) is 0 Å². The smallest absolute Gasteiger partial charge is 0.123 e. The van der Waals surface area contributed by atoms with Crippen molar-refractivity contribution in [3.05, 3.63) is 28.8 Å². The summed E-state index contributed by atoms with van der Waals surface area (Å²) in [5, 5.41) is 4.98. The number of thioether (sulfide) groups is 1. The van der Waals surface area contributed by atoms with Crippen LogP contribution in [-0.4, -0.2) is 30.7 Å².